The van der Waals surface area contributed by atoms with Gasteiger partial charge in [0.05, 0.1) is 0 Å². The molecule has 0 radical (unpaired) electrons. The smallest absolute Gasteiger partial charge is 0.0481 e. The highest BCUT2D eigenvalue weighted by Gasteiger charge is 2.06. The minimum atomic E-state index is 1.07. The second kappa shape index (κ2) is 4.31. The van der Waals surface area contributed by atoms with Gasteiger partial charge in [0.2, 0.25) is 0 Å². The third-order valence-corrected chi connectivity index (χ3v) is 3.85. The number of fused-ring (bicyclic) bond motifs is 1. The van der Waals surface area contributed by atoms with Crippen molar-refractivity contribution in [2.24, 2.45) is 0 Å². The summed E-state index contributed by atoms with van der Waals surface area (Å²) >= 11 is 7.08. The van der Waals surface area contributed by atoms with Gasteiger partial charge in [-0.05, 0) is 23.8 Å². The fraction of sp³-hybridized carbons (Fsp3) is 0. The Morgan fingerprint density at radius 3 is 2.41 bits per heavy atom. The number of aromatic nitrogens is 1. The average molecular weight is 351 g/mol. The highest BCUT2D eigenvalue weighted by molar-refractivity contribution is 9.11. The zero-order chi connectivity index (χ0) is 11.8. The van der Waals surface area contributed by atoms with Crippen LogP contribution in [0.15, 0.2) is 57.5 Å². The molecule has 1 aromatic heterocycles. The third-order valence-electron chi connectivity index (χ3n) is 2.74. The van der Waals surface area contributed by atoms with Crippen molar-refractivity contribution in [2.45, 2.75) is 0 Å². The van der Waals surface area contributed by atoms with E-state index in [0.29, 0.717) is 0 Å². The summed E-state index contributed by atoms with van der Waals surface area (Å²) in [7, 11) is 0. The molecule has 0 saturated carbocycles. The maximum absolute atomic E-state index is 3.58. The molecule has 0 aliphatic rings. The third kappa shape index (κ3) is 2.05. The molecule has 17 heavy (non-hydrogen) atoms. The lowest BCUT2D eigenvalue weighted by Crippen LogP contribution is -1.74. The van der Waals surface area contributed by atoms with Gasteiger partial charge in [0.15, 0.2) is 0 Å². The SMILES string of the molecule is Brc1cc(Br)c2cc(-c3ccccc3)[nH]c2c1. The number of hydrogen-bond donors (Lipinski definition) is 1. The summed E-state index contributed by atoms with van der Waals surface area (Å²) in [6.07, 6.45) is 0. The van der Waals surface area contributed by atoms with Crippen molar-refractivity contribution >= 4 is 42.8 Å². The van der Waals surface area contributed by atoms with E-state index in [4.69, 9.17) is 0 Å². The van der Waals surface area contributed by atoms with Crippen LogP contribution in [-0.2, 0) is 0 Å². The van der Waals surface area contributed by atoms with Crippen LogP contribution in [0.5, 0.6) is 0 Å². The van der Waals surface area contributed by atoms with Gasteiger partial charge in [-0.1, -0.05) is 62.2 Å². The monoisotopic (exact) mass is 349 g/mol. The summed E-state index contributed by atoms with van der Waals surface area (Å²) in [6, 6.07) is 16.6. The number of halogens is 2. The Kier molecular flexibility index (Phi) is 2.81. The van der Waals surface area contributed by atoms with E-state index >= 15 is 0 Å². The Hall–Kier alpha value is -1.06. The second-order valence-corrected chi connectivity index (χ2v) is 5.67. The Morgan fingerprint density at radius 1 is 0.882 bits per heavy atom. The van der Waals surface area contributed by atoms with Gasteiger partial charge in [-0.3, -0.25) is 0 Å². The first-order chi connectivity index (χ1) is 8.24. The molecular formula is C14H9Br2N. The number of benzene rings is 2. The second-order valence-electron chi connectivity index (χ2n) is 3.90. The average Bonchev–Trinajstić information content (AvgIpc) is 2.74. The molecule has 1 nitrogen and oxygen atoms in total. The zero-order valence-corrected chi connectivity index (χ0v) is 12.0. The van der Waals surface area contributed by atoms with Crippen molar-refractivity contribution in [1.82, 2.24) is 4.98 Å². The van der Waals surface area contributed by atoms with E-state index in [1.807, 2.05) is 18.2 Å². The molecule has 0 aliphatic heterocycles. The molecule has 3 rings (SSSR count). The van der Waals surface area contributed by atoms with Gasteiger partial charge in [-0.15, -0.1) is 0 Å². The largest absolute Gasteiger partial charge is 0.354 e. The number of H-pyrrole nitrogens is 1. The van der Waals surface area contributed by atoms with Crippen molar-refractivity contribution in [1.29, 1.82) is 0 Å². The Labute approximate surface area is 116 Å². The van der Waals surface area contributed by atoms with Crippen LogP contribution in [0.2, 0.25) is 0 Å². The molecular weight excluding hydrogens is 342 g/mol. The molecule has 3 heteroatoms. The molecule has 84 valence electrons. The Balaban J connectivity index is 2.24. The first-order valence-corrected chi connectivity index (χ1v) is 6.86. The molecule has 1 heterocycles. The fourth-order valence-electron chi connectivity index (χ4n) is 1.93. The minimum Gasteiger partial charge on any atom is -0.354 e. The summed E-state index contributed by atoms with van der Waals surface area (Å²) < 4.78 is 2.17. The first kappa shape index (κ1) is 11.1. The lowest BCUT2D eigenvalue weighted by molar-refractivity contribution is 1.45. The van der Waals surface area contributed by atoms with Crippen LogP contribution < -0.4 is 0 Å². The van der Waals surface area contributed by atoms with E-state index in [1.54, 1.807) is 0 Å². The molecule has 0 unspecified atom stereocenters. The summed E-state index contributed by atoms with van der Waals surface area (Å²) in [4.78, 5) is 3.43. The van der Waals surface area contributed by atoms with Crippen LogP contribution in [0.3, 0.4) is 0 Å². The molecule has 0 atom stereocenters. The highest BCUT2D eigenvalue weighted by atomic mass is 79.9. The van der Waals surface area contributed by atoms with Crippen molar-refractivity contribution in [3.63, 3.8) is 0 Å². The van der Waals surface area contributed by atoms with Crippen molar-refractivity contribution in [2.75, 3.05) is 0 Å². The highest BCUT2D eigenvalue weighted by Crippen LogP contribution is 2.31. The molecule has 0 saturated heterocycles. The molecule has 1 N–H and O–H groups in total. The Morgan fingerprint density at radius 2 is 1.65 bits per heavy atom. The molecule has 0 aliphatic carbocycles. The van der Waals surface area contributed by atoms with Gasteiger partial charge in [-0.25, -0.2) is 0 Å². The topological polar surface area (TPSA) is 15.8 Å². The van der Waals surface area contributed by atoms with E-state index in [0.717, 1.165) is 20.2 Å². The maximum Gasteiger partial charge on any atom is 0.0481 e. The van der Waals surface area contributed by atoms with Gasteiger partial charge < -0.3 is 4.98 Å². The molecule has 3 aromatic rings. The van der Waals surface area contributed by atoms with Gasteiger partial charge in [0.1, 0.15) is 0 Å². The van der Waals surface area contributed by atoms with Crippen molar-refractivity contribution in [3.05, 3.63) is 57.5 Å². The van der Waals surface area contributed by atoms with Gasteiger partial charge in [-0.2, -0.15) is 0 Å². The fourth-order valence-corrected chi connectivity index (χ4v) is 3.27. The number of hydrogen-bond acceptors (Lipinski definition) is 0. The molecule has 0 amide bonds. The maximum atomic E-state index is 3.58. The predicted octanol–water partition coefficient (Wildman–Crippen LogP) is 5.36. The normalized spacial score (nSPS) is 10.9. The summed E-state index contributed by atoms with van der Waals surface area (Å²) in [5, 5.41) is 1.20. The van der Waals surface area contributed by atoms with E-state index in [1.165, 1.54) is 10.9 Å². The number of aromatic amines is 1. The minimum absolute atomic E-state index is 1.07. The summed E-state index contributed by atoms with van der Waals surface area (Å²) in [5.41, 5.74) is 3.47. The van der Waals surface area contributed by atoms with E-state index in [2.05, 4.69) is 67.2 Å². The van der Waals surface area contributed by atoms with Crippen molar-refractivity contribution in [3.8, 4) is 11.3 Å². The summed E-state index contributed by atoms with van der Waals surface area (Å²) in [6.45, 7) is 0. The standard InChI is InChI=1S/C14H9Br2N/c15-10-6-12(16)11-8-13(17-14(11)7-10)9-4-2-1-3-5-9/h1-8,17H. The van der Waals surface area contributed by atoms with Crippen molar-refractivity contribution < 1.29 is 0 Å². The number of rotatable bonds is 1. The summed E-state index contributed by atoms with van der Waals surface area (Å²) in [5.74, 6) is 0. The molecule has 0 bridgehead atoms. The van der Waals surface area contributed by atoms with Crippen LogP contribution >= 0.6 is 31.9 Å². The van der Waals surface area contributed by atoms with Gasteiger partial charge in [0, 0.05) is 25.5 Å². The molecule has 0 fully saturated rings. The van der Waals surface area contributed by atoms with E-state index in [9.17, 15) is 0 Å². The van der Waals surface area contributed by atoms with Crippen LogP contribution in [0, 0.1) is 0 Å². The molecule has 0 spiro atoms. The van der Waals surface area contributed by atoms with E-state index < -0.39 is 0 Å². The van der Waals surface area contributed by atoms with Gasteiger partial charge >= 0.3 is 0 Å². The number of nitrogens with one attached hydrogen (secondary N) is 1. The zero-order valence-electron chi connectivity index (χ0n) is 8.87. The van der Waals surface area contributed by atoms with E-state index in [-0.39, 0.29) is 0 Å². The molecule has 2 aromatic carbocycles. The quantitative estimate of drug-likeness (QED) is 0.608. The first-order valence-electron chi connectivity index (χ1n) is 5.27. The van der Waals surface area contributed by atoms with Gasteiger partial charge in [0.25, 0.3) is 0 Å². The Bertz CT molecular complexity index is 671. The van der Waals surface area contributed by atoms with Crippen LogP contribution in [0.4, 0.5) is 0 Å². The van der Waals surface area contributed by atoms with Crippen LogP contribution in [0.25, 0.3) is 22.2 Å². The van der Waals surface area contributed by atoms with Crippen LogP contribution in [0.1, 0.15) is 0 Å². The predicted molar refractivity (Wildman–Crippen MR) is 79.1 cm³/mol. The lowest BCUT2D eigenvalue weighted by Gasteiger charge is -1.95. The lowest BCUT2D eigenvalue weighted by atomic mass is 10.1. The van der Waals surface area contributed by atoms with Crippen LogP contribution in [-0.4, -0.2) is 4.98 Å².